The van der Waals surface area contributed by atoms with Crippen molar-refractivity contribution in [1.82, 2.24) is 4.31 Å². The molecule has 2 N–H and O–H groups in total. The summed E-state index contributed by atoms with van der Waals surface area (Å²) >= 11 is 1.16. The molecule has 1 fully saturated rings. The summed E-state index contributed by atoms with van der Waals surface area (Å²) in [4.78, 5) is 24.5. The number of sulfonamides is 1. The minimum absolute atomic E-state index is 0.0627. The molecule has 1 aliphatic heterocycles. The van der Waals surface area contributed by atoms with Crippen LogP contribution in [0.3, 0.4) is 0 Å². The number of benzene rings is 2. The summed E-state index contributed by atoms with van der Waals surface area (Å²) in [6.07, 6.45) is 0. The molecule has 2 amide bonds. The fourth-order valence-corrected chi connectivity index (χ4v) is 5.22. The molecule has 0 saturated carbocycles. The molecule has 12 heteroatoms. The summed E-state index contributed by atoms with van der Waals surface area (Å²) in [5, 5.41) is 5.44. The van der Waals surface area contributed by atoms with Gasteiger partial charge in [-0.1, -0.05) is 0 Å². The maximum absolute atomic E-state index is 12.7. The maximum Gasteiger partial charge on any atom is 0.243 e. The van der Waals surface area contributed by atoms with Crippen LogP contribution in [-0.4, -0.2) is 76.6 Å². The monoisotopic (exact) mass is 509 g/mol. The SMILES string of the molecule is COc1ccc(NC(=O)CSCC(=O)Nc2ccc(S(=O)(=O)N3CCOCC3)cc2)cc1OC. The van der Waals surface area contributed by atoms with Crippen molar-refractivity contribution < 1.29 is 32.2 Å². The number of morpholine rings is 1. The molecule has 1 heterocycles. The molecule has 1 aliphatic rings. The zero-order valence-corrected chi connectivity index (χ0v) is 20.5. The van der Waals surface area contributed by atoms with Crippen molar-refractivity contribution >= 4 is 45.0 Å². The van der Waals surface area contributed by atoms with E-state index in [9.17, 15) is 18.0 Å². The molecule has 0 atom stereocenters. The van der Waals surface area contributed by atoms with Gasteiger partial charge in [0.2, 0.25) is 21.8 Å². The highest BCUT2D eigenvalue weighted by molar-refractivity contribution is 8.00. The molecule has 2 aromatic rings. The van der Waals surface area contributed by atoms with Crippen molar-refractivity contribution in [2.45, 2.75) is 4.90 Å². The molecule has 0 aliphatic carbocycles. The fourth-order valence-electron chi connectivity index (χ4n) is 3.19. The Bertz CT molecular complexity index is 1100. The molecule has 0 bridgehead atoms. The Morgan fingerprint density at radius 3 is 2.06 bits per heavy atom. The predicted molar refractivity (Wildman–Crippen MR) is 130 cm³/mol. The topological polar surface area (TPSA) is 123 Å². The van der Waals surface area contributed by atoms with Crippen LogP contribution < -0.4 is 20.1 Å². The molecule has 10 nitrogen and oxygen atoms in total. The Labute approximate surface area is 203 Å². The van der Waals surface area contributed by atoms with Gasteiger partial charge in [-0.15, -0.1) is 11.8 Å². The van der Waals surface area contributed by atoms with Crippen LogP contribution in [0.25, 0.3) is 0 Å². The average Bonchev–Trinajstić information content (AvgIpc) is 2.84. The summed E-state index contributed by atoms with van der Waals surface area (Å²) in [6, 6.07) is 11.0. The smallest absolute Gasteiger partial charge is 0.243 e. The summed E-state index contributed by atoms with van der Waals surface area (Å²) in [6.45, 7) is 1.38. The molecular weight excluding hydrogens is 482 g/mol. The second-order valence-corrected chi connectivity index (χ2v) is 10.1. The summed E-state index contributed by atoms with van der Waals surface area (Å²) in [5.74, 6) is 0.635. The van der Waals surface area contributed by atoms with E-state index in [2.05, 4.69) is 10.6 Å². The Morgan fingerprint density at radius 2 is 1.47 bits per heavy atom. The molecular formula is C22H27N3O7S2. The lowest BCUT2D eigenvalue weighted by Crippen LogP contribution is -2.40. The van der Waals surface area contributed by atoms with Crippen LogP contribution in [0.4, 0.5) is 11.4 Å². The summed E-state index contributed by atoms with van der Waals surface area (Å²) in [5.41, 5.74) is 1.03. The van der Waals surface area contributed by atoms with Crippen molar-refractivity contribution in [3.63, 3.8) is 0 Å². The second-order valence-electron chi connectivity index (χ2n) is 7.20. The van der Waals surface area contributed by atoms with Gasteiger partial charge in [0.1, 0.15) is 0 Å². The lowest BCUT2D eigenvalue weighted by Gasteiger charge is -2.26. The van der Waals surface area contributed by atoms with E-state index >= 15 is 0 Å². The summed E-state index contributed by atoms with van der Waals surface area (Å²) < 4.78 is 42.3. The number of thioether (sulfide) groups is 1. The van der Waals surface area contributed by atoms with E-state index < -0.39 is 10.0 Å². The Balaban J connectivity index is 1.44. The zero-order valence-electron chi connectivity index (χ0n) is 18.9. The number of hydrogen-bond donors (Lipinski definition) is 2. The van der Waals surface area contributed by atoms with Crippen LogP contribution in [0.2, 0.25) is 0 Å². The van der Waals surface area contributed by atoms with E-state index in [1.807, 2.05) is 0 Å². The number of rotatable bonds is 10. The van der Waals surface area contributed by atoms with Gasteiger partial charge in [-0.25, -0.2) is 8.42 Å². The third kappa shape index (κ3) is 6.86. The van der Waals surface area contributed by atoms with Crippen molar-refractivity contribution in [1.29, 1.82) is 0 Å². The van der Waals surface area contributed by atoms with Gasteiger partial charge >= 0.3 is 0 Å². The first-order valence-corrected chi connectivity index (χ1v) is 13.0. The van der Waals surface area contributed by atoms with E-state index in [4.69, 9.17) is 14.2 Å². The molecule has 3 rings (SSSR count). The number of nitrogens with one attached hydrogen (secondary N) is 2. The zero-order chi connectivity index (χ0) is 24.6. The number of ether oxygens (including phenoxy) is 3. The minimum Gasteiger partial charge on any atom is -0.493 e. The average molecular weight is 510 g/mol. The van der Waals surface area contributed by atoms with Crippen LogP contribution in [0.5, 0.6) is 11.5 Å². The van der Waals surface area contributed by atoms with Crippen molar-refractivity contribution in [2.24, 2.45) is 0 Å². The molecule has 0 unspecified atom stereocenters. The normalized spacial score (nSPS) is 14.3. The first-order chi connectivity index (χ1) is 16.3. The van der Waals surface area contributed by atoms with Crippen molar-refractivity contribution in [2.75, 3.05) is 62.7 Å². The lowest BCUT2D eigenvalue weighted by atomic mass is 10.2. The quantitative estimate of drug-likeness (QED) is 0.499. The Morgan fingerprint density at radius 1 is 0.912 bits per heavy atom. The number of hydrogen-bond acceptors (Lipinski definition) is 8. The van der Waals surface area contributed by atoms with Gasteiger partial charge in [0, 0.05) is 30.5 Å². The number of carbonyl (C=O) groups is 2. The first-order valence-electron chi connectivity index (χ1n) is 10.4. The molecule has 1 saturated heterocycles. The standard InChI is InChI=1S/C22H27N3O7S2/c1-30-19-8-5-17(13-20(19)31-2)24-22(27)15-33-14-21(26)23-16-3-6-18(7-4-16)34(28,29)25-9-11-32-12-10-25/h3-8,13H,9-12,14-15H2,1-2H3,(H,23,26)(H,24,27). The number of amides is 2. The largest absolute Gasteiger partial charge is 0.493 e. The van der Waals surface area contributed by atoms with E-state index in [-0.39, 0.29) is 28.2 Å². The van der Waals surface area contributed by atoms with Crippen LogP contribution in [0.1, 0.15) is 0 Å². The highest BCUT2D eigenvalue weighted by Gasteiger charge is 2.26. The van der Waals surface area contributed by atoms with Gasteiger partial charge < -0.3 is 24.8 Å². The number of anilines is 2. The Kier molecular flexibility index (Phi) is 9.16. The highest BCUT2D eigenvalue weighted by atomic mass is 32.2. The van der Waals surface area contributed by atoms with Gasteiger partial charge in [-0.2, -0.15) is 4.31 Å². The lowest BCUT2D eigenvalue weighted by molar-refractivity contribution is -0.114. The van der Waals surface area contributed by atoms with Crippen molar-refractivity contribution in [3.05, 3.63) is 42.5 Å². The van der Waals surface area contributed by atoms with Gasteiger partial charge in [0.15, 0.2) is 11.5 Å². The van der Waals surface area contributed by atoms with Crippen molar-refractivity contribution in [3.8, 4) is 11.5 Å². The Hall–Kier alpha value is -2.80. The van der Waals surface area contributed by atoms with Crippen LogP contribution >= 0.6 is 11.8 Å². The van der Waals surface area contributed by atoms with E-state index in [0.717, 1.165) is 11.8 Å². The molecule has 0 radical (unpaired) electrons. The molecule has 34 heavy (non-hydrogen) atoms. The first kappa shape index (κ1) is 25.8. The van der Waals surface area contributed by atoms with Gasteiger partial charge in [-0.3, -0.25) is 9.59 Å². The molecule has 184 valence electrons. The number of carbonyl (C=O) groups excluding carboxylic acids is 2. The highest BCUT2D eigenvalue weighted by Crippen LogP contribution is 2.29. The number of nitrogens with zero attached hydrogens (tertiary/aromatic N) is 1. The summed E-state index contributed by atoms with van der Waals surface area (Å²) in [7, 11) is -0.552. The molecule has 2 aromatic carbocycles. The van der Waals surface area contributed by atoms with E-state index in [0.29, 0.717) is 49.2 Å². The van der Waals surface area contributed by atoms with Crippen LogP contribution in [0.15, 0.2) is 47.4 Å². The van der Waals surface area contributed by atoms with E-state index in [1.165, 1.54) is 30.7 Å². The van der Waals surface area contributed by atoms with E-state index in [1.54, 1.807) is 30.3 Å². The second kappa shape index (κ2) is 12.1. The molecule has 0 spiro atoms. The molecule has 0 aromatic heterocycles. The maximum atomic E-state index is 12.7. The van der Waals surface area contributed by atoms with Crippen LogP contribution in [0, 0.1) is 0 Å². The van der Waals surface area contributed by atoms with Gasteiger partial charge in [-0.05, 0) is 36.4 Å². The fraction of sp³-hybridized carbons (Fsp3) is 0.364. The number of methoxy groups -OCH3 is 2. The van der Waals surface area contributed by atoms with Gasteiger partial charge in [0.05, 0.1) is 43.8 Å². The van der Waals surface area contributed by atoms with Crippen LogP contribution in [-0.2, 0) is 24.3 Å². The van der Waals surface area contributed by atoms with Gasteiger partial charge in [0.25, 0.3) is 0 Å². The third-order valence-corrected chi connectivity index (χ3v) is 7.73. The third-order valence-electron chi connectivity index (χ3n) is 4.88. The predicted octanol–water partition coefficient (Wildman–Crippen LogP) is 2.04. The minimum atomic E-state index is -3.59.